The minimum absolute atomic E-state index is 0.111. The summed E-state index contributed by atoms with van der Waals surface area (Å²) in [7, 11) is -3.76. The summed E-state index contributed by atoms with van der Waals surface area (Å²) in [5.74, 6) is -1.04. The first-order chi connectivity index (χ1) is 9.22. The Morgan fingerprint density at radius 3 is 2.30 bits per heavy atom. The molecule has 0 aliphatic heterocycles. The van der Waals surface area contributed by atoms with Gasteiger partial charge in [-0.2, -0.15) is 13.1 Å². The molecule has 0 aliphatic carbocycles. The second kappa shape index (κ2) is 6.71. The number of nitrogens with one attached hydrogen (secondary N) is 1. The van der Waals surface area contributed by atoms with E-state index < -0.39 is 16.2 Å². The van der Waals surface area contributed by atoms with Gasteiger partial charge in [0.05, 0.1) is 12.1 Å². The maximum atomic E-state index is 12.3. The Kier molecular flexibility index (Phi) is 5.52. The highest BCUT2D eigenvalue weighted by atomic mass is 32.2. The summed E-state index contributed by atoms with van der Waals surface area (Å²) >= 11 is 0. The zero-order chi connectivity index (χ0) is 15.3. The van der Waals surface area contributed by atoms with Gasteiger partial charge in [-0.25, -0.2) is 0 Å². The fraction of sp³-hybridized carbons (Fsp3) is 0.462. The van der Waals surface area contributed by atoms with Crippen LogP contribution < -0.4 is 9.03 Å². The smallest absolute Gasteiger partial charge is 0.305 e. The predicted octanol–water partition coefficient (Wildman–Crippen LogP) is 1.52. The second-order valence-corrected chi connectivity index (χ2v) is 6.46. The van der Waals surface area contributed by atoms with Crippen LogP contribution in [0.2, 0.25) is 0 Å². The number of carboxylic acids is 1. The third-order valence-electron chi connectivity index (χ3n) is 2.53. The first kappa shape index (κ1) is 16.5. The number of carboxylic acid groups (broad SMARTS) is 1. The second-order valence-electron chi connectivity index (χ2n) is 4.83. The van der Waals surface area contributed by atoms with Crippen molar-refractivity contribution in [1.82, 2.24) is 4.72 Å². The Morgan fingerprint density at radius 1 is 1.30 bits per heavy atom. The summed E-state index contributed by atoms with van der Waals surface area (Å²) in [6.45, 7) is 5.21. The summed E-state index contributed by atoms with van der Waals surface area (Å²) in [6, 6.07) is 6.63. The van der Waals surface area contributed by atoms with Gasteiger partial charge >= 0.3 is 16.2 Å². The molecular formula is C13H20N2O4S. The molecule has 0 saturated carbocycles. The Labute approximate surface area is 119 Å². The Balaban J connectivity index is 3.07. The predicted molar refractivity (Wildman–Crippen MR) is 78.0 cm³/mol. The molecule has 2 N–H and O–H groups in total. The van der Waals surface area contributed by atoms with Gasteiger partial charge in [-0.3, -0.25) is 9.10 Å². The number of anilines is 1. The lowest BCUT2D eigenvalue weighted by molar-refractivity contribution is -0.136. The largest absolute Gasteiger partial charge is 0.481 e. The van der Waals surface area contributed by atoms with E-state index in [1.165, 1.54) is 0 Å². The molecule has 112 valence electrons. The summed E-state index contributed by atoms with van der Waals surface area (Å²) in [5, 5.41) is 8.76. The molecule has 20 heavy (non-hydrogen) atoms. The molecule has 0 atom stereocenters. The van der Waals surface area contributed by atoms with Gasteiger partial charge in [-0.15, -0.1) is 0 Å². The van der Waals surface area contributed by atoms with E-state index in [2.05, 4.69) is 4.72 Å². The van der Waals surface area contributed by atoms with E-state index in [4.69, 9.17) is 5.11 Å². The Bertz CT molecular complexity index is 552. The molecule has 0 amide bonds. The van der Waals surface area contributed by atoms with Crippen LogP contribution in [0, 0.1) is 6.92 Å². The third kappa shape index (κ3) is 4.82. The molecule has 1 aromatic carbocycles. The average Bonchev–Trinajstić information content (AvgIpc) is 2.29. The van der Waals surface area contributed by atoms with E-state index >= 15 is 0 Å². The van der Waals surface area contributed by atoms with Gasteiger partial charge in [0.15, 0.2) is 0 Å². The highest BCUT2D eigenvalue weighted by molar-refractivity contribution is 7.90. The number of benzene rings is 1. The first-order valence-corrected chi connectivity index (χ1v) is 7.75. The lowest BCUT2D eigenvalue weighted by atomic mass is 10.2. The number of carbonyl (C=O) groups is 1. The summed E-state index contributed by atoms with van der Waals surface area (Å²) in [6.07, 6.45) is -0.257. The van der Waals surface area contributed by atoms with Gasteiger partial charge in [0, 0.05) is 12.6 Å². The van der Waals surface area contributed by atoms with Crippen LogP contribution in [0.5, 0.6) is 0 Å². The van der Waals surface area contributed by atoms with Gasteiger partial charge in [-0.1, -0.05) is 17.7 Å². The fourth-order valence-electron chi connectivity index (χ4n) is 1.66. The molecule has 0 unspecified atom stereocenters. The highest BCUT2D eigenvalue weighted by Gasteiger charge is 2.23. The quantitative estimate of drug-likeness (QED) is 0.799. The van der Waals surface area contributed by atoms with Crippen molar-refractivity contribution in [3.05, 3.63) is 29.8 Å². The normalized spacial score (nSPS) is 11.6. The van der Waals surface area contributed by atoms with E-state index in [-0.39, 0.29) is 19.0 Å². The monoisotopic (exact) mass is 300 g/mol. The van der Waals surface area contributed by atoms with E-state index in [1.54, 1.807) is 38.1 Å². The number of rotatable bonds is 7. The van der Waals surface area contributed by atoms with Crippen LogP contribution in [-0.2, 0) is 15.0 Å². The molecule has 0 heterocycles. The first-order valence-electron chi connectivity index (χ1n) is 6.31. The minimum Gasteiger partial charge on any atom is -0.481 e. The number of nitrogens with zero attached hydrogens (tertiary/aromatic N) is 1. The molecule has 1 rings (SSSR count). The fourth-order valence-corrected chi connectivity index (χ4v) is 3.11. The van der Waals surface area contributed by atoms with E-state index in [0.717, 1.165) is 9.87 Å². The van der Waals surface area contributed by atoms with Crippen LogP contribution in [0.3, 0.4) is 0 Å². The number of hydrogen-bond donors (Lipinski definition) is 2. The molecule has 0 bridgehead atoms. The van der Waals surface area contributed by atoms with Crippen molar-refractivity contribution in [2.45, 2.75) is 33.2 Å². The highest BCUT2D eigenvalue weighted by Crippen LogP contribution is 2.18. The van der Waals surface area contributed by atoms with Crippen LogP contribution >= 0.6 is 0 Å². The maximum absolute atomic E-state index is 12.3. The van der Waals surface area contributed by atoms with Gasteiger partial charge in [0.1, 0.15) is 0 Å². The number of aryl methyl sites for hydroxylation is 1. The van der Waals surface area contributed by atoms with Crippen molar-refractivity contribution in [3.8, 4) is 0 Å². The van der Waals surface area contributed by atoms with Gasteiger partial charge in [-0.05, 0) is 32.9 Å². The Morgan fingerprint density at radius 2 is 1.85 bits per heavy atom. The molecule has 0 saturated heterocycles. The van der Waals surface area contributed by atoms with Crippen molar-refractivity contribution >= 4 is 21.9 Å². The SMILES string of the molecule is Cc1ccc(N(CCC(=O)O)S(=O)(=O)NC(C)C)cc1. The topological polar surface area (TPSA) is 86.7 Å². The van der Waals surface area contributed by atoms with E-state index in [0.29, 0.717) is 5.69 Å². The molecule has 7 heteroatoms. The number of aliphatic carboxylic acids is 1. The van der Waals surface area contributed by atoms with Crippen LogP contribution in [-0.4, -0.2) is 32.1 Å². The molecule has 6 nitrogen and oxygen atoms in total. The summed E-state index contributed by atoms with van der Waals surface area (Å²) in [5.41, 5.74) is 1.45. The summed E-state index contributed by atoms with van der Waals surface area (Å²) < 4.78 is 28.1. The molecule has 0 aliphatic rings. The zero-order valence-corrected chi connectivity index (χ0v) is 12.6. The van der Waals surface area contributed by atoms with Gasteiger partial charge in [0.2, 0.25) is 0 Å². The molecule has 1 aromatic rings. The van der Waals surface area contributed by atoms with Gasteiger partial charge < -0.3 is 5.11 Å². The molecular weight excluding hydrogens is 280 g/mol. The lowest BCUT2D eigenvalue weighted by Crippen LogP contribution is -2.44. The Hall–Kier alpha value is -1.60. The van der Waals surface area contributed by atoms with Crippen molar-refractivity contribution < 1.29 is 18.3 Å². The van der Waals surface area contributed by atoms with E-state index in [1.807, 2.05) is 6.92 Å². The maximum Gasteiger partial charge on any atom is 0.305 e. The average molecular weight is 300 g/mol. The van der Waals surface area contributed by atoms with Crippen LogP contribution in [0.25, 0.3) is 0 Å². The van der Waals surface area contributed by atoms with Crippen molar-refractivity contribution in [2.75, 3.05) is 10.8 Å². The van der Waals surface area contributed by atoms with Gasteiger partial charge in [0.25, 0.3) is 0 Å². The third-order valence-corrected chi connectivity index (χ3v) is 4.27. The number of hydrogen-bond acceptors (Lipinski definition) is 3. The van der Waals surface area contributed by atoms with Crippen LogP contribution in [0.4, 0.5) is 5.69 Å². The molecule has 0 aromatic heterocycles. The van der Waals surface area contributed by atoms with Crippen molar-refractivity contribution in [1.29, 1.82) is 0 Å². The standard InChI is InChI=1S/C13H20N2O4S/c1-10(2)14-20(18,19)15(9-8-13(16)17)12-6-4-11(3)5-7-12/h4-7,10,14H,8-9H2,1-3H3,(H,16,17). The lowest BCUT2D eigenvalue weighted by Gasteiger charge is -2.25. The molecule has 0 fully saturated rings. The van der Waals surface area contributed by atoms with Crippen molar-refractivity contribution in [3.63, 3.8) is 0 Å². The van der Waals surface area contributed by atoms with Crippen LogP contribution in [0.15, 0.2) is 24.3 Å². The molecule has 0 spiro atoms. The van der Waals surface area contributed by atoms with Crippen molar-refractivity contribution in [2.24, 2.45) is 0 Å². The van der Waals surface area contributed by atoms with E-state index in [9.17, 15) is 13.2 Å². The zero-order valence-electron chi connectivity index (χ0n) is 11.8. The molecule has 0 radical (unpaired) electrons. The van der Waals surface area contributed by atoms with Crippen LogP contribution in [0.1, 0.15) is 25.8 Å². The summed E-state index contributed by atoms with van der Waals surface area (Å²) in [4.78, 5) is 10.7. The minimum atomic E-state index is -3.76.